The molecule has 110 valence electrons. The molecule has 2 heteroatoms. The summed E-state index contributed by atoms with van der Waals surface area (Å²) in [5, 5.41) is 9.01. The van der Waals surface area contributed by atoms with Crippen molar-refractivity contribution in [3.8, 4) is 5.75 Å². The first kappa shape index (κ1) is 14.2. The largest absolute Gasteiger partial charge is 0.489 e. The van der Waals surface area contributed by atoms with Crippen molar-refractivity contribution in [2.45, 2.75) is 44.8 Å². The number of ether oxygens (including phenoxy) is 1. The molecule has 1 aliphatic rings. The van der Waals surface area contributed by atoms with Crippen molar-refractivity contribution < 1.29 is 9.84 Å². The van der Waals surface area contributed by atoms with Crippen LogP contribution >= 0.6 is 0 Å². The smallest absolute Gasteiger partial charge is 0.119 e. The van der Waals surface area contributed by atoms with Crippen LogP contribution in [0.25, 0.3) is 0 Å². The molecule has 21 heavy (non-hydrogen) atoms. The van der Waals surface area contributed by atoms with Gasteiger partial charge in [-0.2, -0.15) is 0 Å². The van der Waals surface area contributed by atoms with Crippen molar-refractivity contribution in [2.75, 3.05) is 0 Å². The number of benzene rings is 2. The van der Waals surface area contributed by atoms with E-state index in [1.54, 1.807) is 0 Å². The van der Waals surface area contributed by atoms with Gasteiger partial charge in [-0.25, -0.2) is 0 Å². The number of rotatable bonds is 5. The first-order chi connectivity index (χ1) is 10.3. The standard InChI is InChI=1S/C19H22O2/c20-13-15-7-11-19(12-8-15)21-14-16-5-9-18(10-6-16)17-3-1-2-4-17/h5-12,17,20H,1-4,13-14H2. The second-order valence-corrected chi connectivity index (χ2v) is 5.81. The molecule has 1 aliphatic carbocycles. The molecule has 0 spiro atoms. The van der Waals surface area contributed by atoms with Gasteiger partial charge in [0.25, 0.3) is 0 Å². The molecule has 0 unspecified atom stereocenters. The van der Waals surface area contributed by atoms with Gasteiger partial charge in [-0.3, -0.25) is 0 Å². The van der Waals surface area contributed by atoms with Gasteiger partial charge in [-0.15, -0.1) is 0 Å². The molecule has 1 N–H and O–H groups in total. The Kier molecular flexibility index (Phi) is 4.56. The summed E-state index contributed by atoms with van der Waals surface area (Å²) in [4.78, 5) is 0. The molecule has 0 heterocycles. The predicted octanol–water partition coefficient (Wildman–Crippen LogP) is 4.42. The van der Waals surface area contributed by atoms with Gasteiger partial charge in [0.1, 0.15) is 12.4 Å². The highest BCUT2D eigenvalue weighted by Crippen LogP contribution is 2.34. The molecule has 1 fully saturated rings. The molecule has 1 saturated carbocycles. The molecule has 2 aromatic rings. The van der Waals surface area contributed by atoms with Crippen molar-refractivity contribution in [1.82, 2.24) is 0 Å². The lowest BCUT2D eigenvalue weighted by atomic mass is 9.97. The Balaban J connectivity index is 1.57. The van der Waals surface area contributed by atoms with Crippen LogP contribution in [0.3, 0.4) is 0 Å². The zero-order valence-corrected chi connectivity index (χ0v) is 12.3. The molecule has 0 aromatic heterocycles. The first-order valence-electron chi connectivity index (χ1n) is 7.76. The maximum Gasteiger partial charge on any atom is 0.119 e. The topological polar surface area (TPSA) is 29.5 Å². The second kappa shape index (κ2) is 6.77. The Bertz CT molecular complexity index is 551. The summed E-state index contributed by atoms with van der Waals surface area (Å²) in [5.41, 5.74) is 3.58. The third-order valence-corrected chi connectivity index (χ3v) is 4.32. The van der Waals surface area contributed by atoms with Gasteiger partial charge < -0.3 is 9.84 Å². The van der Waals surface area contributed by atoms with E-state index in [0.29, 0.717) is 6.61 Å². The minimum absolute atomic E-state index is 0.0723. The van der Waals surface area contributed by atoms with E-state index in [0.717, 1.165) is 17.2 Å². The number of hydrogen-bond acceptors (Lipinski definition) is 2. The second-order valence-electron chi connectivity index (χ2n) is 5.81. The highest BCUT2D eigenvalue weighted by atomic mass is 16.5. The van der Waals surface area contributed by atoms with E-state index in [4.69, 9.17) is 9.84 Å². The molecule has 2 aromatic carbocycles. The normalized spacial score (nSPS) is 15.3. The van der Waals surface area contributed by atoms with Crippen LogP contribution in [0.15, 0.2) is 48.5 Å². The van der Waals surface area contributed by atoms with E-state index in [1.165, 1.54) is 36.8 Å². The van der Waals surface area contributed by atoms with Crippen molar-refractivity contribution in [3.63, 3.8) is 0 Å². The summed E-state index contributed by atoms with van der Waals surface area (Å²) >= 11 is 0. The van der Waals surface area contributed by atoms with Crippen LogP contribution in [0, 0.1) is 0 Å². The van der Waals surface area contributed by atoms with Crippen LogP contribution in [0.5, 0.6) is 5.75 Å². The summed E-state index contributed by atoms with van der Waals surface area (Å²) in [5.74, 6) is 1.61. The van der Waals surface area contributed by atoms with Gasteiger partial charge in [0.05, 0.1) is 6.61 Å². The van der Waals surface area contributed by atoms with Gasteiger partial charge in [-0.05, 0) is 47.6 Å². The average Bonchev–Trinajstić information content (AvgIpc) is 3.08. The lowest BCUT2D eigenvalue weighted by molar-refractivity contribution is 0.280. The van der Waals surface area contributed by atoms with Crippen LogP contribution in [0.4, 0.5) is 0 Å². The monoisotopic (exact) mass is 282 g/mol. The zero-order valence-electron chi connectivity index (χ0n) is 12.3. The highest BCUT2D eigenvalue weighted by Gasteiger charge is 2.16. The summed E-state index contributed by atoms with van der Waals surface area (Å²) in [7, 11) is 0. The van der Waals surface area contributed by atoms with Crippen molar-refractivity contribution in [3.05, 3.63) is 65.2 Å². The quantitative estimate of drug-likeness (QED) is 0.880. The Morgan fingerprint density at radius 3 is 2.10 bits per heavy atom. The van der Waals surface area contributed by atoms with E-state index in [2.05, 4.69) is 24.3 Å². The van der Waals surface area contributed by atoms with Crippen LogP contribution in [0.1, 0.15) is 48.3 Å². The molecule has 0 radical (unpaired) electrons. The Morgan fingerprint density at radius 1 is 0.857 bits per heavy atom. The lowest BCUT2D eigenvalue weighted by Crippen LogP contribution is -1.97. The van der Waals surface area contributed by atoms with E-state index < -0.39 is 0 Å². The van der Waals surface area contributed by atoms with Crippen molar-refractivity contribution >= 4 is 0 Å². The van der Waals surface area contributed by atoms with E-state index in [9.17, 15) is 0 Å². The van der Waals surface area contributed by atoms with E-state index >= 15 is 0 Å². The molecule has 2 nitrogen and oxygen atoms in total. The van der Waals surface area contributed by atoms with Gasteiger partial charge in [-0.1, -0.05) is 49.2 Å². The third kappa shape index (κ3) is 3.64. The average molecular weight is 282 g/mol. The molecule has 0 amide bonds. The summed E-state index contributed by atoms with van der Waals surface area (Å²) < 4.78 is 5.78. The molecule has 3 rings (SSSR count). The summed E-state index contributed by atoms with van der Waals surface area (Å²) in [6.07, 6.45) is 5.43. The molecule has 0 saturated heterocycles. The minimum atomic E-state index is 0.0723. The number of aliphatic hydroxyl groups is 1. The molecule has 0 aliphatic heterocycles. The van der Waals surface area contributed by atoms with Gasteiger partial charge in [0.2, 0.25) is 0 Å². The number of hydrogen-bond donors (Lipinski definition) is 1. The van der Waals surface area contributed by atoms with Crippen LogP contribution in [-0.4, -0.2) is 5.11 Å². The SMILES string of the molecule is OCc1ccc(OCc2ccc(C3CCCC3)cc2)cc1. The molecular weight excluding hydrogens is 260 g/mol. The van der Waals surface area contributed by atoms with Gasteiger partial charge in [0.15, 0.2) is 0 Å². The van der Waals surface area contributed by atoms with Gasteiger partial charge >= 0.3 is 0 Å². The fourth-order valence-electron chi connectivity index (χ4n) is 3.00. The summed E-state index contributed by atoms with van der Waals surface area (Å²) in [6, 6.07) is 16.4. The first-order valence-corrected chi connectivity index (χ1v) is 7.76. The Morgan fingerprint density at radius 2 is 1.48 bits per heavy atom. The van der Waals surface area contributed by atoms with Crippen molar-refractivity contribution in [2.24, 2.45) is 0 Å². The third-order valence-electron chi connectivity index (χ3n) is 4.32. The zero-order chi connectivity index (χ0) is 14.5. The Hall–Kier alpha value is -1.80. The minimum Gasteiger partial charge on any atom is -0.489 e. The molecular formula is C19H22O2. The maximum atomic E-state index is 9.01. The van der Waals surface area contributed by atoms with Crippen molar-refractivity contribution in [1.29, 1.82) is 0 Å². The van der Waals surface area contributed by atoms with Crippen LogP contribution in [-0.2, 0) is 13.2 Å². The highest BCUT2D eigenvalue weighted by molar-refractivity contribution is 5.29. The van der Waals surface area contributed by atoms with E-state index in [1.807, 2.05) is 24.3 Å². The van der Waals surface area contributed by atoms with Gasteiger partial charge in [0, 0.05) is 0 Å². The molecule has 0 atom stereocenters. The molecule has 0 bridgehead atoms. The number of aliphatic hydroxyl groups excluding tert-OH is 1. The summed E-state index contributed by atoms with van der Waals surface area (Å²) in [6.45, 7) is 0.659. The van der Waals surface area contributed by atoms with E-state index in [-0.39, 0.29) is 6.61 Å². The van der Waals surface area contributed by atoms with Crippen LogP contribution < -0.4 is 4.74 Å². The predicted molar refractivity (Wildman–Crippen MR) is 84.3 cm³/mol. The fraction of sp³-hybridized carbons (Fsp3) is 0.368. The van der Waals surface area contributed by atoms with Crippen LogP contribution in [0.2, 0.25) is 0 Å². The maximum absolute atomic E-state index is 9.01. The fourth-order valence-corrected chi connectivity index (χ4v) is 3.00. The Labute approximate surface area is 126 Å². The lowest BCUT2D eigenvalue weighted by Gasteiger charge is -2.11.